The Bertz CT molecular complexity index is 854. The molecular formula is C20H18N2O5. The van der Waals surface area contributed by atoms with Crippen molar-refractivity contribution in [1.82, 2.24) is 10.2 Å². The normalized spacial score (nSPS) is 10.4. The molecule has 27 heavy (non-hydrogen) atoms. The van der Waals surface area contributed by atoms with E-state index >= 15 is 0 Å². The van der Waals surface area contributed by atoms with Crippen molar-refractivity contribution in [2.75, 3.05) is 13.2 Å². The smallest absolute Gasteiger partial charge is 0.338 e. The van der Waals surface area contributed by atoms with Gasteiger partial charge in [-0.15, -0.1) is 10.2 Å². The zero-order valence-electron chi connectivity index (χ0n) is 15.0. The van der Waals surface area contributed by atoms with Gasteiger partial charge in [-0.1, -0.05) is 0 Å². The molecule has 0 saturated carbocycles. The van der Waals surface area contributed by atoms with Crippen molar-refractivity contribution in [3.63, 3.8) is 0 Å². The van der Waals surface area contributed by atoms with Gasteiger partial charge in [0, 0.05) is 11.1 Å². The Morgan fingerprint density at radius 3 is 1.44 bits per heavy atom. The number of aromatic nitrogens is 2. The first-order chi connectivity index (χ1) is 13.1. The third kappa shape index (κ3) is 4.20. The maximum atomic E-state index is 11.7. The second kappa shape index (κ2) is 8.27. The summed E-state index contributed by atoms with van der Waals surface area (Å²) in [5.74, 6) is -0.0985. The lowest BCUT2D eigenvalue weighted by atomic mass is 10.1. The van der Waals surface area contributed by atoms with Gasteiger partial charge < -0.3 is 13.9 Å². The summed E-state index contributed by atoms with van der Waals surface area (Å²) in [7, 11) is 0. The number of hydrogen-bond acceptors (Lipinski definition) is 7. The van der Waals surface area contributed by atoms with Gasteiger partial charge in [-0.3, -0.25) is 0 Å². The van der Waals surface area contributed by atoms with E-state index in [1.807, 2.05) is 0 Å². The highest BCUT2D eigenvalue weighted by molar-refractivity contribution is 5.90. The SMILES string of the molecule is CCOC(=O)c1ccc(-c2nnc(-c3ccc(C(=O)OCC)cc3)o2)cc1. The minimum absolute atomic E-state index is 0.322. The number of hydrogen-bond donors (Lipinski definition) is 0. The summed E-state index contributed by atoms with van der Waals surface area (Å²) >= 11 is 0. The summed E-state index contributed by atoms with van der Waals surface area (Å²) in [6.45, 7) is 4.15. The van der Waals surface area contributed by atoms with Gasteiger partial charge in [-0.25, -0.2) is 9.59 Å². The number of nitrogens with zero attached hydrogens (tertiary/aromatic N) is 2. The second-order valence-corrected chi connectivity index (χ2v) is 5.51. The van der Waals surface area contributed by atoms with Crippen LogP contribution in [0.4, 0.5) is 0 Å². The number of carbonyl (C=O) groups is 2. The third-order valence-electron chi connectivity index (χ3n) is 3.71. The Morgan fingerprint density at radius 1 is 0.741 bits per heavy atom. The zero-order valence-corrected chi connectivity index (χ0v) is 15.0. The molecule has 0 fully saturated rings. The van der Waals surface area contributed by atoms with Gasteiger partial charge in [0.2, 0.25) is 11.8 Å². The average molecular weight is 366 g/mol. The molecule has 0 radical (unpaired) electrons. The van der Waals surface area contributed by atoms with Gasteiger partial charge in [0.1, 0.15) is 0 Å². The van der Waals surface area contributed by atoms with Crippen molar-refractivity contribution in [2.24, 2.45) is 0 Å². The van der Waals surface area contributed by atoms with Crippen LogP contribution < -0.4 is 0 Å². The highest BCUT2D eigenvalue weighted by Crippen LogP contribution is 2.24. The van der Waals surface area contributed by atoms with E-state index in [1.165, 1.54) is 0 Å². The molecule has 0 amide bonds. The number of rotatable bonds is 6. The lowest BCUT2D eigenvalue weighted by Gasteiger charge is -2.02. The van der Waals surface area contributed by atoms with Crippen LogP contribution in [0.15, 0.2) is 52.9 Å². The van der Waals surface area contributed by atoms with Crippen LogP contribution in [0, 0.1) is 0 Å². The maximum absolute atomic E-state index is 11.7. The fourth-order valence-corrected chi connectivity index (χ4v) is 2.38. The number of benzene rings is 2. The average Bonchev–Trinajstić information content (AvgIpc) is 3.19. The number of esters is 2. The highest BCUT2D eigenvalue weighted by atomic mass is 16.5. The molecule has 0 unspecified atom stereocenters. The predicted octanol–water partition coefficient (Wildman–Crippen LogP) is 3.76. The first kappa shape index (κ1) is 18.3. The first-order valence-electron chi connectivity index (χ1n) is 8.51. The van der Waals surface area contributed by atoms with E-state index < -0.39 is 0 Å². The molecule has 0 aliphatic carbocycles. The lowest BCUT2D eigenvalue weighted by Crippen LogP contribution is -2.04. The van der Waals surface area contributed by atoms with E-state index in [0.717, 1.165) is 0 Å². The second-order valence-electron chi connectivity index (χ2n) is 5.51. The maximum Gasteiger partial charge on any atom is 0.338 e. The molecule has 0 N–H and O–H groups in total. The molecule has 0 aliphatic rings. The Kier molecular flexibility index (Phi) is 5.61. The summed E-state index contributed by atoms with van der Waals surface area (Å²) in [5, 5.41) is 8.07. The van der Waals surface area contributed by atoms with Gasteiger partial charge >= 0.3 is 11.9 Å². The monoisotopic (exact) mass is 366 g/mol. The standard InChI is InChI=1S/C20H18N2O5/c1-3-25-19(23)15-9-5-13(6-10-15)17-21-22-18(27-17)14-7-11-16(12-8-14)20(24)26-4-2/h5-12H,3-4H2,1-2H3. The molecule has 1 aromatic heterocycles. The Balaban J connectivity index is 1.76. The van der Waals surface area contributed by atoms with Gasteiger partial charge in [0.15, 0.2) is 0 Å². The van der Waals surface area contributed by atoms with Crippen LogP contribution in [0.5, 0.6) is 0 Å². The van der Waals surface area contributed by atoms with Crippen molar-refractivity contribution in [3.8, 4) is 22.9 Å². The molecule has 0 spiro atoms. The fourth-order valence-electron chi connectivity index (χ4n) is 2.38. The molecule has 7 nitrogen and oxygen atoms in total. The topological polar surface area (TPSA) is 91.5 Å². The van der Waals surface area contributed by atoms with Crippen LogP contribution >= 0.6 is 0 Å². The Hall–Kier alpha value is -3.48. The lowest BCUT2D eigenvalue weighted by molar-refractivity contribution is 0.0517. The molecule has 3 rings (SSSR count). The van der Waals surface area contributed by atoms with Crippen molar-refractivity contribution >= 4 is 11.9 Å². The fraction of sp³-hybridized carbons (Fsp3) is 0.200. The van der Waals surface area contributed by atoms with E-state index in [4.69, 9.17) is 13.9 Å². The van der Waals surface area contributed by atoms with Gasteiger partial charge in [-0.2, -0.15) is 0 Å². The summed E-state index contributed by atoms with van der Waals surface area (Å²) in [5.41, 5.74) is 2.28. The zero-order chi connectivity index (χ0) is 19.2. The van der Waals surface area contributed by atoms with Crippen LogP contribution in [0.1, 0.15) is 34.6 Å². The molecule has 3 aromatic rings. The van der Waals surface area contributed by atoms with E-state index in [9.17, 15) is 9.59 Å². The van der Waals surface area contributed by atoms with E-state index in [-0.39, 0.29) is 11.9 Å². The molecule has 0 bridgehead atoms. The van der Waals surface area contributed by atoms with Crippen molar-refractivity contribution in [1.29, 1.82) is 0 Å². The Labute approximate surface area is 155 Å². The van der Waals surface area contributed by atoms with Crippen molar-refractivity contribution < 1.29 is 23.5 Å². The van der Waals surface area contributed by atoms with Crippen LogP contribution in [-0.2, 0) is 9.47 Å². The van der Waals surface area contributed by atoms with Gasteiger partial charge in [0.05, 0.1) is 24.3 Å². The van der Waals surface area contributed by atoms with Crippen LogP contribution in [0.25, 0.3) is 22.9 Å². The largest absolute Gasteiger partial charge is 0.462 e. The summed E-state index contributed by atoms with van der Waals surface area (Å²) in [4.78, 5) is 23.4. The molecule has 0 aliphatic heterocycles. The van der Waals surface area contributed by atoms with E-state index in [1.54, 1.807) is 62.4 Å². The van der Waals surface area contributed by atoms with Crippen molar-refractivity contribution in [3.05, 3.63) is 59.7 Å². The number of carbonyl (C=O) groups excluding carboxylic acids is 2. The summed E-state index contributed by atoms with van der Waals surface area (Å²) < 4.78 is 15.6. The molecule has 0 atom stereocenters. The highest BCUT2D eigenvalue weighted by Gasteiger charge is 2.13. The minimum atomic E-state index is -0.378. The minimum Gasteiger partial charge on any atom is -0.462 e. The first-order valence-corrected chi connectivity index (χ1v) is 8.51. The van der Waals surface area contributed by atoms with Crippen molar-refractivity contribution in [2.45, 2.75) is 13.8 Å². The molecule has 2 aromatic carbocycles. The summed E-state index contributed by atoms with van der Waals surface area (Å²) in [6, 6.07) is 13.4. The molecule has 1 heterocycles. The molecule has 7 heteroatoms. The van der Waals surface area contributed by atoms with Crippen LogP contribution in [-0.4, -0.2) is 35.3 Å². The van der Waals surface area contributed by atoms with E-state index in [0.29, 0.717) is 47.2 Å². The third-order valence-corrected chi connectivity index (χ3v) is 3.71. The quantitative estimate of drug-likeness (QED) is 0.613. The van der Waals surface area contributed by atoms with Crippen LogP contribution in [0.3, 0.4) is 0 Å². The molecule has 0 saturated heterocycles. The van der Waals surface area contributed by atoms with Crippen LogP contribution in [0.2, 0.25) is 0 Å². The number of ether oxygens (including phenoxy) is 2. The van der Waals surface area contributed by atoms with Gasteiger partial charge in [0.25, 0.3) is 0 Å². The summed E-state index contributed by atoms with van der Waals surface area (Å²) in [6.07, 6.45) is 0. The van der Waals surface area contributed by atoms with Gasteiger partial charge in [-0.05, 0) is 62.4 Å². The molecule has 138 valence electrons. The Morgan fingerprint density at radius 2 is 1.11 bits per heavy atom. The van der Waals surface area contributed by atoms with E-state index in [2.05, 4.69) is 10.2 Å². The molecular weight excluding hydrogens is 348 g/mol. The predicted molar refractivity (Wildman–Crippen MR) is 97.1 cm³/mol.